The molecule has 5 nitrogen and oxygen atoms in total. The zero-order chi connectivity index (χ0) is 13.2. The molecule has 96 valence electrons. The predicted octanol–water partition coefficient (Wildman–Crippen LogP) is 2.13. The zero-order valence-corrected chi connectivity index (χ0v) is 10.9. The SMILES string of the molecule is CSc1ncnc2c1nnn2Cc1ccccc1F. The van der Waals surface area contributed by atoms with Gasteiger partial charge < -0.3 is 0 Å². The molecular formula is C12H10FN5S. The lowest BCUT2D eigenvalue weighted by Crippen LogP contribution is -2.04. The molecule has 0 radical (unpaired) electrons. The Morgan fingerprint density at radius 1 is 1.26 bits per heavy atom. The Morgan fingerprint density at radius 3 is 2.89 bits per heavy atom. The summed E-state index contributed by atoms with van der Waals surface area (Å²) in [6.45, 7) is 0.300. The molecule has 0 amide bonds. The molecule has 2 aromatic heterocycles. The maximum Gasteiger partial charge on any atom is 0.183 e. The quantitative estimate of drug-likeness (QED) is 0.541. The topological polar surface area (TPSA) is 56.5 Å². The van der Waals surface area contributed by atoms with Crippen molar-refractivity contribution in [1.82, 2.24) is 25.0 Å². The Labute approximate surface area is 112 Å². The van der Waals surface area contributed by atoms with Crippen LogP contribution in [0.25, 0.3) is 11.2 Å². The van der Waals surface area contributed by atoms with E-state index >= 15 is 0 Å². The van der Waals surface area contributed by atoms with Gasteiger partial charge in [-0.1, -0.05) is 23.4 Å². The van der Waals surface area contributed by atoms with Gasteiger partial charge in [-0.2, -0.15) is 0 Å². The highest BCUT2D eigenvalue weighted by Crippen LogP contribution is 2.20. The van der Waals surface area contributed by atoms with Crippen molar-refractivity contribution in [2.45, 2.75) is 11.6 Å². The van der Waals surface area contributed by atoms with E-state index in [4.69, 9.17) is 0 Å². The molecule has 0 saturated heterocycles. The Kier molecular flexibility index (Phi) is 3.12. The first-order chi connectivity index (χ1) is 9.29. The van der Waals surface area contributed by atoms with E-state index in [2.05, 4.69) is 20.3 Å². The number of hydrogen-bond donors (Lipinski definition) is 0. The standard InChI is InChI=1S/C12H10FN5S/c1-19-12-10-11(14-7-15-12)18(17-16-10)6-8-4-2-3-5-9(8)13/h2-5,7H,6H2,1H3. The van der Waals surface area contributed by atoms with Gasteiger partial charge in [0.1, 0.15) is 17.2 Å². The van der Waals surface area contributed by atoms with Crippen LogP contribution in [0.3, 0.4) is 0 Å². The molecule has 0 aliphatic carbocycles. The Bertz CT molecular complexity index is 727. The number of halogens is 1. The fourth-order valence-electron chi connectivity index (χ4n) is 1.82. The number of benzene rings is 1. The third-order valence-corrected chi connectivity index (χ3v) is 3.42. The second kappa shape index (κ2) is 4.93. The molecular weight excluding hydrogens is 265 g/mol. The van der Waals surface area contributed by atoms with Gasteiger partial charge in [0, 0.05) is 5.56 Å². The van der Waals surface area contributed by atoms with Crippen molar-refractivity contribution < 1.29 is 4.39 Å². The lowest BCUT2D eigenvalue weighted by atomic mass is 10.2. The summed E-state index contributed by atoms with van der Waals surface area (Å²) in [6.07, 6.45) is 3.38. The minimum Gasteiger partial charge on any atom is -0.227 e. The van der Waals surface area contributed by atoms with Gasteiger partial charge in [0.2, 0.25) is 0 Å². The normalized spacial score (nSPS) is 11.1. The fraction of sp³-hybridized carbons (Fsp3) is 0.167. The summed E-state index contributed by atoms with van der Waals surface area (Å²) in [6, 6.07) is 6.60. The summed E-state index contributed by atoms with van der Waals surface area (Å²) >= 11 is 1.48. The van der Waals surface area contributed by atoms with Crippen LogP contribution in [0.4, 0.5) is 4.39 Å². The molecule has 0 saturated carbocycles. The number of fused-ring (bicyclic) bond motifs is 1. The van der Waals surface area contributed by atoms with E-state index in [0.717, 1.165) is 5.03 Å². The lowest BCUT2D eigenvalue weighted by molar-refractivity contribution is 0.582. The number of nitrogens with zero attached hydrogens (tertiary/aromatic N) is 5. The molecule has 0 fully saturated rings. The summed E-state index contributed by atoms with van der Waals surface area (Å²) in [4.78, 5) is 8.29. The highest BCUT2D eigenvalue weighted by atomic mass is 32.2. The number of thioether (sulfide) groups is 1. The Morgan fingerprint density at radius 2 is 2.11 bits per heavy atom. The molecule has 2 heterocycles. The van der Waals surface area contributed by atoms with E-state index < -0.39 is 0 Å². The van der Waals surface area contributed by atoms with Gasteiger partial charge in [0.25, 0.3) is 0 Å². The lowest BCUT2D eigenvalue weighted by Gasteiger charge is -2.03. The largest absolute Gasteiger partial charge is 0.227 e. The van der Waals surface area contributed by atoms with E-state index in [-0.39, 0.29) is 5.82 Å². The van der Waals surface area contributed by atoms with Gasteiger partial charge in [-0.05, 0) is 12.3 Å². The molecule has 19 heavy (non-hydrogen) atoms. The maximum atomic E-state index is 13.6. The third-order valence-electron chi connectivity index (χ3n) is 2.74. The Hall–Kier alpha value is -2.02. The number of rotatable bonds is 3. The minimum absolute atomic E-state index is 0.259. The molecule has 1 aromatic carbocycles. The summed E-state index contributed by atoms with van der Waals surface area (Å²) in [5, 5.41) is 8.85. The molecule has 3 aromatic rings. The molecule has 0 N–H and O–H groups in total. The monoisotopic (exact) mass is 275 g/mol. The van der Waals surface area contributed by atoms with Crippen LogP contribution in [-0.4, -0.2) is 31.2 Å². The smallest absolute Gasteiger partial charge is 0.183 e. The van der Waals surface area contributed by atoms with Crippen LogP contribution in [-0.2, 0) is 6.54 Å². The van der Waals surface area contributed by atoms with Gasteiger partial charge in [0.05, 0.1) is 6.54 Å². The third kappa shape index (κ3) is 2.17. The second-order valence-corrected chi connectivity index (χ2v) is 4.69. The van der Waals surface area contributed by atoms with Crippen LogP contribution in [0, 0.1) is 5.82 Å². The molecule has 0 atom stereocenters. The van der Waals surface area contributed by atoms with E-state index in [1.54, 1.807) is 22.9 Å². The van der Waals surface area contributed by atoms with Crippen molar-refractivity contribution in [2.75, 3.05) is 6.26 Å². The fourth-order valence-corrected chi connectivity index (χ4v) is 2.29. The van der Waals surface area contributed by atoms with Crippen LogP contribution in [0.15, 0.2) is 35.6 Å². The van der Waals surface area contributed by atoms with Crippen LogP contribution >= 0.6 is 11.8 Å². The van der Waals surface area contributed by atoms with Crippen molar-refractivity contribution in [3.63, 3.8) is 0 Å². The highest BCUT2D eigenvalue weighted by molar-refractivity contribution is 7.98. The molecule has 0 aliphatic heterocycles. The summed E-state index contributed by atoms with van der Waals surface area (Å²) in [7, 11) is 0. The molecule has 0 unspecified atom stereocenters. The number of hydrogen-bond acceptors (Lipinski definition) is 5. The zero-order valence-electron chi connectivity index (χ0n) is 10.1. The van der Waals surface area contributed by atoms with Crippen molar-refractivity contribution >= 4 is 22.9 Å². The van der Waals surface area contributed by atoms with E-state index in [0.29, 0.717) is 23.3 Å². The Balaban J connectivity index is 2.05. The van der Waals surface area contributed by atoms with Crippen LogP contribution in [0.5, 0.6) is 0 Å². The molecule has 0 spiro atoms. The minimum atomic E-state index is -0.259. The van der Waals surface area contributed by atoms with E-state index in [1.165, 1.54) is 24.2 Å². The molecule has 7 heteroatoms. The summed E-state index contributed by atoms with van der Waals surface area (Å²) in [5.41, 5.74) is 1.81. The summed E-state index contributed by atoms with van der Waals surface area (Å²) in [5.74, 6) is -0.259. The summed E-state index contributed by atoms with van der Waals surface area (Å²) < 4.78 is 15.2. The first kappa shape index (κ1) is 12.0. The van der Waals surface area contributed by atoms with Crippen molar-refractivity contribution in [3.8, 4) is 0 Å². The van der Waals surface area contributed by atoms with Gasteiger partial charge in [-0.25, -0.2) is 19.0 Å². The van der Waals surface area contributed by atoms with E-state index in [1.807, 2.05) is 6.26 Å². The van der Waals surface area contributed by atoms with Crippen LogP contribution < -0.4 is 0 Å². The average Bonchev–Trinajstić information content (AvgIpc) is 2.84. The van der Waals surface area contributed by atoms with Crippen LogP contribution in [0.2, 0.25) is 0 Å². The number of aromatic nitrogens is 5. The maximum absolute atomic E-state index is 13.6. The van der Waals surface area contributed by atoms with Gasteiger partial charge >= 0.3 is 0 Å². The molecule has 3 rings (SSSR count). The van der Waals surface area contributed by atoms with Crippen molar-refractivity contribution in [1.29, 1.82) is 0 Å². The van der Waals surface area contributed by atoms with Crippen molar-refractivity contribution in [2.24, 2.45) is 0 Å². The van der Waals surface area contributed by atoms with Gasteiger partial charge in [0.15, 0.2) is 11.2 Å². The predicted molar refractivity (Wildman–Crippen MR) is 70.4 cm³/mol. The first-order valence-electron chi connectivity index (χ1n) is 5.61. The van der Waals surface area contributed by atoms with Crippen molar-refractivity contribution in [3.05, 3.63) is 42.0 Å². The average molecular weight is 275 g/mol. The van der Waals surface area contributed by atoms with E-state index in [9.17, 15) is 4.39 Å². The van der Waals surface area contributed by atoms with Gasteiger partial charge in [-0.3, -0.25) is 0 Å². The van der Waals surface area contributed by atoms with Gasteiger partial charge in [-0.15, -0.1) is 16.9 Å². The van der Waals surface area contributed by atoms with Crippen LogP contribution in [0.1, 0.15) is 5.56 Å². The second-order valence-electron chi connectivity index (χ2n) is 3.89. The first-order valence-corrected chi connectivity index (χ1v) is 6.83. The molecule has 0 aliphatic rings. The molecule has 0 bridgehead atoms. The highest BCUT2D eigenvalue weighted by Gasteiger charge is 2.12.